The van der Waals surface area contributed by atoms with Crippen LogP contribution in [0.4, 0.5) is 0 Å². The number of carbonyl (C=O) groups excluding carboxylic acids is 1. The largest absolute Gasteiger partial charge is 0.351 e. The monoisotopic (exact) mass is 261 g/mol. The molecule has 1 saturated carbocycles. The minimum Gasteiger partial charge on any atom is -0.351 e. The Morgan fingerprint density at radius 2 is 2.32 bits per heavy atom. The van der Waals surface area contributed by atoms with Gasteiger partial charge in [-0.05, 0) is 30.9 Å². The maximum absolute atomic E-state index is 11.8. The molecule has 1 amide bonds. The first-order chi connectivity index (χ1) is 9.25. The Bertz CT molecular complexity index is 394. The molecule has 0 aliphatic heterocycles. The molecule has 2 rings (SSSR count). The highest BCUT2D eigenvalue weighted by Crippen LogP contribution is 2.23. The Hall–Kier alpha value is -1.42. The van der Waals surface area contributed by atoms with Crippen LogP contribution >= 0.6 is 0 Å². The lowest BCUT2D eigenvalue weighted by Gasteiger charge is -2.27. The summed E-state index contributed by atoms with van der Waals surface area (Å²) in [6.07, 6.45) is 8.46. The van der Waals surface area contributed by atoms with E-state index in [0.717, 1.165) is 12.5 Å². The molecule has 0 saturated heterocycles. The van der Waals surface area contributed by atoms with Crippen LogP contribution in [-0.2, 0) is 0 Å². The van der Waals surface area contributed by atoms with E-state index in [1.54, 1.807) is 24.5 Å². The third-order valence-electron chi connectivity index (χ3n) is 3.70. The van der Waals surface area contributed by atoms with Crippen LogP contribution in [0.1, 0.15) is 43.0 Å². The molecular formula is C15H23N3O. The van der Waals surface area contributed by atoms with E-state index < -0.39 is 0 Å². The van der Waals surface area contributed by atoms with Gasteiger partial charge in [0.2, 0.25) is 0 Å². The van der Waals surface area contributed by atoms with Crippen molar-refractivity contribution >= 4 is 5.91 Å². The van der Waals surface area contributed by atoms with Crippen LogP contribution in [-0.4, -0.2) is 30.0 Å². The van der Waals surface area contributed by atoms with Crippen LogP contribution in [0.25, 0.3) is 0 Å². The first kappa shape index (κ1) is 14.0. The Morgan fingerprint density at radius 3 is 3.05 bits per heavy atom. The molecule has 1 aliphatic carbocycles. The Labute approximate surface area is 115 Å². The first-order valence-electron chi connectivity index (χ1n) is 7.17. The van der Waals surface area contributed by atoms with Crippen LogP contribution in [0.2, 0.25) is 0 Å². The maximum Gasteiger partial charge on any atom is 0.252 e. The summed E-state index contributed by atoms with van der Waals surface area (Å²) in [6.45, 7) is 3.82. The number of nitrogens with one attached hydrogen (secondary N) is 2. The SMILES string of the molecule is CC1CCCC(NCCNC(=O)c2cccnc2)C1. The minimum absolute atomic E-state index is 0.0492. The smallest absolute Gasteiger partial charge is 0.252 e. The van der Waals surface area contributed by atoms with Crippen molar-refractivity contribution in [1.82, 2.24) is 15.6 Å². The normalized spacial score (nSPS) is 23.0. The zero-order valence-corrected chi connectivity index (χ0v) is 11.6. The molecule has 2 atom stereocenters. The summed E-state index contributed by atoms with van der Waals surface area (Å²) in [5, 5.41) is 6.44. The molecule has 0 radical (unpaired) electrons. The summed E-state index contributed by atoms with van der Waals surface area (Å²) in [7, 11) is 0. The van der Waals surface area contributed by atoms with Gasteiger partial charge < -0.3 is 10.6 Å². The summed E-state index contributed by atoms with van der Waals surface area (Å²) in [6, 6.07) is 4.17. The van der Waals surface area contributed by atoms with Crippen molar-refractivity contribution in [3.63, 3.8) is 0 Å². The number of carbonyl (C=O) groups is 1. The summed E-state index contributed by atoms with van der Waals surface area (Å²) in [5.74, 6) is 0.781. The number of rotatable bonds is 5. The highest BCUT2D eigenvalue weighted by Gasteiger charge is 2.17. The molecule has 4 nitrogen and oxygen atoms in total. The van der Waals surface area contributed by atoms with Crippen LogP contribution in [0.5, 0.6) is 0 Å². The van der Waals surface area contributed by atoms with E-state index in [9.17, 15) is 4.79 Å². The Kier molecular flexibility index (Phi) is 5.33. The minimum atomic E-state index is -0.0492. The molecule has 2 unspecified atom stereocenters. The number of hydrogen-bond donors (Lipinski definition) is 2. The van der Waals surface area contributed by atoms with E-state index in [4.69, 9.17) is 0 Å². The summed E-state index contributed by atoms with van der Waals surface area (Å²) in [4.78, 5) is 15.7. The Morgan fingerprint density at radius 1 is 1.42 bits per heavy atom. The molecule has 2 N–H and O–H groups in total. The summed E-state index contributed by atoms with van der Waals surface area (Å²) >= 11 is 0. The molecule has 104 valence electrons. The third-order valence-corrected chi connectivity index (χ3v) is 3.70. The second-order valence-electron chi connectivity index (χ2n) is 5.42. The number of nitrogens with zero attached hydrogens (tertiary/aromatic N) is 1. The van der Waals surface area contributed by atoms with E-state index >= 15 is 0 Å². The van der Waals surface area contributed by atoms with Gasteiger partial charge in [0, 0.05) is 31.5 Å². The van der Waals surface area contributed by atoms with Crippen molar-refractivity contribution in [2.24, 2.45) is 5.92 Å². The van der Waals surface area contributed by atoms with Crippen LogP contribution in [0.3, 0.4) is 0 Å². The fourth-order valence-electron chi connectivity index (χ4n) is 2.67. The second-order valence-corrected chi connectivity index (χ2v) is 5.42. The molecule has 0 aromatic carbocycles. The van der Waals surface area contributed by atoms with E-state index in [1.165, 1.54) is 25.7 Å². The quantitative estimate of drug-likeness (QED) is 0.797. The van der Waals surface area contributed by atoms with Crippen molar-refractivity contribution in [3.05, 3.63) is 30.1 Å². The van der Waals surface area contributed by atoms with Crippen LogP contribution in [0.15, 0.2) is 24.5 Å². The number of pyridine rings is 1. The molecule has 0 spiro atoms. The van der Waals surface area contributed by atoms with Crippen molar-refractivity contribution in [2.75, 3.05) is 13.1 Å². The first-order valence-corrected chi connectivity index (χ1v) is 7.17. The molecule has 1 fully saturated rings. The van der Waals surface area contributed by atoms with Gasteiger partial charge in [-0.25, -0.2) is 0 Å². The zero-order chi connectivity index (χ0) is 13.5. The number of hydrogen-bond acceptors (Lipinski definition) is 3. The lowest BCUT2D eigenvalue weighted by molar-refractivity contribution is 0.0953. The lowest BCUT2D eigenvalue weighted by atomic mass is 9.87. The second kappa shape index (κ2) is 7.24. The van der Waals surface area contributed by atoms with Crippen LogP contribution in [0, 0.1) is 5.92 Å². The summed E-state index contributed by atoms with van der Waals surface area (Å²) in [5.41, 5.74) is 0.619. The highest BCUT2D eigenvalue weighted by molar-refractivity contribution is 5.93. The average Bonchev–Trinajstić information content (AvgIpc) is 2.44. The zero-order valence-electron chi connectivity index (χ0n) is 11.6. The standard InChI is InChI=1S/C15H23N3O/c1-12-4-2-6-14(10-12)17-8-9-18-15(19)13-5-3-7-16-11-13/h3,5,7,11-12,14,17H,2,4,6,8-10H2,1H3,(H,18,19). The molecule has 4 heteroatoms. The Balaban J connectivity index is 1.63. The van der Waals surface area contributed by atoms with E-state index in [-0.39, 0.29) is 5.91 Å². The molecular weight excluding hydrogens is 238 g/mol. The van der Waals surface area contributed by atoms with E-state index in [0.29, 0.717) is 18.2 Å². The fourth-order valence-corrected chi connectivity index (χ4v) is 2.67. The predicted octanol–water partition coefficient (Wildman–Crippen LogP) is 1.98. The van der Waals surface area contributed by atoms with Gasteiger partial charge >= 0.3 is 0 Å². The van der Waals surface area contributed by atoms with Gasteiger partial charge in [-0.1, -0.05) is 19.8 Å². The van der Waals surface area contributed by atoms with Gasteiger partial charge in [0.15, 0.2) is 0 Å². The van der Waals surface area contributed by atoms with Gasteiger partial charge in [0.25, 0.3) is 5.91 Å². The van der Waals surface area contributed by atoms with Gasteiger partial charge in [0.05, 0.1) is 5.56 Å². The molecule has 0 bridgehead atoms. The fraction of sp³-hybridized carbons (Fsp3) is 0.600. The van der Waals surface area contributed by atoms with Crippen LogP contribution < -0.4 is 10.6 Å². The van der Waals surface area contributed by atoms with E-state index in [1.807, 2.05) is 0 Å². The van der Waals surface area contributed by atoms with Gasteiger partial charge in [0.1, 0.15) is 0 Å². The molecule has 1 aromatic rings. The molecule has 19 heavy (non-hydrogen) atoms. The average molecular weight is 261 g/mol. The van der Waals surface area contributed by atoms with Gasteiger partial charge in [-0.2, -0.15) is 0 Å². The van der Waals surface area contributed by atoms with E-state index in [2.05, 4.69) is 22.5 Å². The van der Waals surface area contributed by atoms with Gasteiger partial charge in [-0.3, -0.25) is 9.78 Å². The van der Waals surface area contributed by atoms with Crippen molar-refractivity contribution in [2.45, 2.75) is 38.6 Å². The number of amides is 1. The summed E-state index contributed by atoms with van der Waals surface area (Å²) < 4.78 is 0. The van der Waals surface area contributed by atoms with Crippen molar-refractivity contribution in [1.29, 1.82) is 0 Å². The predicted molar refractivity (Wildman–Crippen MR) is 76.0 cm³/mol. The highest BCUT2D eigenvalue weighted by atomic mass is 16.1. The molecule has 1 aromatic heterocycles. The van der Waals surface area contributed by atoms with Gasteiger partial charge in [-0.15, -0.1) is 0 Å². The topological polar surface area (TPSA) is 54.0 Å². The molecule has 1 aliphatic rings. The number of aromatic nitrogens is 1. The maximum atomic E-state index is 11.8. The van der Waals surface area contributed by atoms with Crippen molar-refractivity contribution in [3.8, 4) is 0 Å². The lowest BCUT2D eigenvalue weighted by Crippen LogP contribution is -2.39. The van der Waals surface area contributed by atoms with Crippen molar-refractivity contribution < 1.29 is 4.79 Å². The molecule has 1 heterocycles. The third kappa shape index (κ3) is 4.63.